The van der Waals surface area contributed by atoms with E-state index in [1.165, 1.54) is 16.7 Å². The molecule has 0 saturated heterocycles. The van der Waals surface area contributed by atoms with Gasteiger partial charge >= 0.3 is 0 Å². The molecular weight excluding hydrogens is 224 g/mol. The summed E-state index contributed by atoms with van der Waals surface area (Å²) >= 11 is 0. The third kappa shape index (κ3) is 4.00. The van der Waals surface area contributed by atoms with Crippen LogP contribution in [0.25, 0.3) is 0 Å². The molecule has 3 heteroatoms. The molecule has 0 aromatic heterocycles. The third-order valence-electron chi connectivity index (χ3n) is 3.17. The predicted molar refractivity (Wildman–Crippen MR) is 77.0 cm³/mol. The van der Waals surface area contributed by atoms with Crippen LogP contribution in [0.15, 0.2) is 12.1 Å². The van der Waals surface area contributed by atoms with E-state index < -0.39 is 0 Å². The maximum absolute atomic E-state index is 5.67. The van der Waals surface area contributed by atoms with Crippen LogP contribution in [-0.2, 0) is 6.54 Å². The Balaban J connectivity index is 2.83. The van der Waals surface area contributed by atoms with Crippen LogP contribution in [0.2, 0.25) is 0 Å². The Morgan fingerprint density at radius 2 is 2.00 bits per heavy atom. The number of methoxy groups -OCH3 is 1. The molecule has 18 heavy (non-hydrogen) atoms. The van der Waals surface area contributed by atoms with Gasteiger partial charge in [0.05, 0.1) is 7.11 Å². The van der Waals surface area contributed by atoms with E-state index >= 15 is 0 Å². The van der Waals surface area contributed by atoms with Crippen molar-refractivity contribution in [3.63, 3.8) is 0 Å². The van der Waals surface area contributed by atoms with Gasteiger partial charge in [0.2, 0.25) is 0 Å². The molecule has 0 radical (unpaired) electrons. The SMILES string of the molecule is COc1c(C)cc(C)cc1CN(C)CC(C)CN. The van der Waals surface area contributed by atoms with Crippen LogP contribution in [0.5, 0.6) is 5.75 Å². The minimum atomic E-state index is 0.520. The van der Waals surface area contributed by atoms with Crippen molar-refractivity contribution in [1.29, 1.82) is 0 Å². The van der Waals surface area contributed by atoms with E-state index in [4.69, 9.17) is 10.5 Å². The van der Waals surface area contributed by atoms with Crippen LogP contribution >= 0.6 is 0 Å². The summed E-state index contributed by atoms with van der Waals surface area (Å²) in [7, 11) is 3.87. The first-order valence-electron chi connectivity index (χ1n) is 6.50. The molecule has 1 atom stereocenters. The molecule has 0 heterocycles. The topological polar surface area (TPSA) is 38.5 Å². The Kier molecular flexibility index (Phi) is 5.63. The lowest BCUT2D eigenvalue weighted by molar-refractivity contribution is 0.276. The average Bonchev–Trinajstić information content (AvgIpc) is 2.28. The first-order valence-corrected chi connectivity index (χ1v) is 6.50. The van der Waals surface area contributed by atoms with E-state index in [0.29, 0.717) is 5.92 Å². The van der Waals surface area contributed by atoms with Crippen LogP contribution in [0, 0.1) is 19.8 Å². The number of ether oxygens (including phenoxy) is 1. The number of nitrogens with zero attached hydrogens (tertiary/aromatic N) is 1. The Bertz CT molecular complexity index is 390. The maximum atomic E-state index is 5.67. The minimum Gasteiger partial charge on any atom is -0.496 e. The molecule has 0 spiro atoms. The van der Waals surface area contributed by atoms with E-state index in [0.717, 1.165) is 25.4 Å². The van der Waals surface area contributed by atoms with Gasteiger partial charge in [-0.25, -0.2) is 0 Å². The zero-order chi connectivity index (χ0) is 13.7. The molecule has 3 nitrogen and oxygen atoms in total. The van der Waals surface area contributed by atoms with E-state index in [-0.39, 0.29) is 0 Å². The molecule has 1 aromatic rings. The van der Waals surface area contributed by atoms with Crippen molar-refractivity contribution in [3.8, 4) is 5.75 Å². The van der Waals surface area contributed by atoms with Crippen molar-refractivity contribution in [2.24, 2.45) is 11.7 Å². The van der Waals surface area contributed by atoms with Gasteiger partial charge < -0.3 is 15.4 Å². The number of aryl methyl sites for hydroxylation is 2. The first kappa shape index (κ1) is 15.0. The normalized spacial score (nSPS) is 12.8. The van der Waals surface area contributed by atoms with Crippen LogP contribution in [0.3, 0.4) is 0 Å². The molecule has 0 aliphatic heterocycles. The van der Waals surface area contributed by atoms with Crippen molar-refractivity contribution in [3.05, 3.63) is 28.8 Å². The molecule has 1 rings (SSSR count). The number of rotatable bonds is 6. The van der Waals surface area contributed by atoms with Crippen LogP contribution in [0.1, 0.15) is 23.6 Å². The fraction of sp³-hybridized carbons (Fsp3) is 0.600. The molecule has 1 unspecified atom stereocenters. The predicted octanol–water partition coefficient (Wildman–Crippen LogP) is 2.34. The highest BCUT2D eigenvalue weighted by molar-refractivity contribution is 5.43. The molecular formula is C15H26N2O. The van der Waals surface area contributed by atoms with Crippen molar-refractivity contribution in [2.75, 3.05) is 27.2 Å². The summed E-state index contributed by atoms with van der Waals surface area (Å²) in [6, 6.07) is 4.36. The Hall–Kier alpha value is -1.06. The fourth-order valence-electron chi connectivity index (χ4n) is 2.41. The summed E-state index contributed by atoms with van der Waals surface area (Å²) < 4.78 is 5.51. The molecule has 1 aromatic carbocycles. The Morgan fingerprint density at radius 1 is 1.33 bits per heavy atom. The van der Waals surface area contributed by atoms with Crippen molar-refractivity contribution in [1.82, 2.24) is 4.90 Å². The highest BCUT2D eigenvalue weighted by Crippen LogP contribution is 2.26. The van der Waals surface area contributed by atoms with Gasteiger partial charge in [0.15, 0.2) is 0 Å². The van der Waals surface area contributed by atoms with E-state index in [9.17, 15) is 0 Å². The summed E-state index contributed by atoms with van der Waals surface area (Å²) in [6.45, 7) is 9.03. The first-order chi connectivity index (χ1) is 8.47. The summed E-state index contributed by atoms with van der Waals surface area (Å²) in [5, 5.41) is 0. The maximum Gasteiger partial charge on any atom is 0.126 e. The molecule has 102 valence electrons. The van der Waals surface area contributed by atoms with Crippen molar-refractivity contribution in [2.45, 2.75) is 27.3 Å². The second kappa shape index (κ2) is 6.76. The highest BCUT2D eigenvalue weighted by Gasteiger charge is 2.11. The summed E-state index contributed by atoms with van der Waals surface area (Å²) in [6.07, 6.45) is 0. The van der Waals surface area contributed by atoms with Crippen molar-refractivity contribution < 1.29 is 4.74 Å². The Labute approximate surface area is 111 Å². The van der Waals surface area contributed by atoms with E-state index in [1.54, 1.807) is 7.11 Å². The molecule has 0 aliphatic carbocycles. The van der Waals surface area contributed by atoms with Gasteiger partial charge in [0.25, 0.3) is 0 Å². The number of hydrogen-bond acceptors (Lipinski definition) is 3. The van der Waals surface area contributed by atoms with Crippen LogP contribution in [0.4, 0.5) is 0 Å². The van der Waals surface area contributed by atoms with E-state index in [1.807, 2.05) is 0 Å². The van der Waals surface area contributed by atoms with Gasteiger partial charge in [-0.1, -0.05) is 24.6 Å². The number of benzene rings is 1. The zero-order valence-electron chi connectivity index (χ0n) is 12.3. The fourth-order valence-corrected chi connectivity index (χ4v) is 2.41. The highest BCUT2D eigenvalue weighted by atomic mass is 16.5. The minimum absolute atomic E-state index is 0.520. The lowest BCUT2D eigenvalue weighted by Crippen LogP contribution is -2.28. The van der Waals surface area contributed by atoms with Gasteiger partial charge in [0.1, 0.15) is 5.75 Å². The van der Waals surface area contributed by atoms with Gasteiger partial charge in [-0.3, -0.25) is 0 Å². The smallest absolute Gasteiger partial charge is 0.126 e. The number of hydrogen-bond donors (Lipinski definition) is 1. The standard InChI is InChI=1S/C15H26N2O/c1-11-6-13(3)15(18-5)14(7-11)10-17(4)9-12(2)8-16/h6-7,12H,8-10,16H2,1-5H3. The van der Waals surface area contributed by atoms with Crippen LogP contribution in [-0.4, -0.2) is 32.1 Å². The van der Waals surface area contributed by atoms with Crippen LogP contribution < -0.4 is 10.5 Å². The monoisotopic (exact) mass is 250 g/mol. The molecule has 0 amide bonds. The summed E-state index contributed by atoms with van der Waals surface area (Å²) in [4.78, 5) is 2.30. The second-order valence-corrected chi connectivity index (χ2v) is 5.31. The summed E-state index contributed by atoms with van der Waals surface area (Å²) in [5.74, 6) is 1.53. The molecule has 0 saturated carbocycles. The van der Waals surface area contributed by atoms with Gasteiger partial charge in [-0.15, -0.1) is 0 Å². The van der Waals surface area contributed by atoms with Crippen molar-refractivity contribution >= 4 is 0 Å². The molecule has 2 N–H and O–H groups in total. The van der Waals surface area contributed by atoms with Gasteiger partial charge in [0, 0.05) is 18.7 Å². The van der Waals surface area contributed by atoms with Gasteiger partial charge in [-0.2, -0.15) is 0 Å². The lowest BCUT2D eigenvalue weighted by atomic mass is 10.0. The largest absolute Gasteiger partial charge is 0.496 e. The number of nitrogens with two attached hydrogens (primary N) is 1. The van der Waals surface area contributed by atoms with Gasteiger partial charge in [-0.05, 0) is 38.9 Å². The Morgan fingerprint density at radius 3 is 2.56 bits per heavy atom. The summed E-state index contributed by atoms with van der Waals surface area (Å²) in [5.41, 5.74) is 9.40. The van der Waals surface area contributed by atoms with E-state index in [2.05, 4.69) is 44.9 Å². The molecule has 0 aliphatic rings. The second-order valence-electron chi connectivity index (χ2n) is 5.31. The quantitative estimate of drug-likeness (QED) is 0.842. The molecule has 0 bridgehead atoms. The average molecular weight is 250 g/mol. The third-order valence-corrected chi connectivity index (χ3v) is 3.17. The zero-order valence-corrected chi connectivity index (χ0v) is 12.3. The molecule has 0 fully saturated rings. The lowest BCUT2D eigenvalue weighted by Gasteiger charge is -2.22.